The fourth-order valence-electron chi connectivity index (χ4n) is 2.86. The summed E-state index contributed by atoms with van der Waals surface area (Å²) in [7, 11) is 0. The molecule has 0 fully saturated rings. The number of ether oxygens (including phenoxy) is 1. The average Bonchev–Trinajstić information content (AvgIpc) is 2.65. The predicted octanol–water partition coefficient (Wildman–Crippen LogP) is 4.26. The molecule has 4 N–H and O–H groups in total. The summed E-state index contributed by atoms with van der Waals surface area (Å²) >= 11 is 0. The maximum Gasteiger partial charge on any atom is 0.410 e. The van der Waals surface area contributed by atoms with E-state index in [0.717, 1.165) is 12.3 Å². The lowest BCUT2D eigenvalue weighted by Gasteiger charge is -2.28. The highest BCUT2D eigenvalue weighted by atomic mass is 19.3. The van der Waals surface area contributed by atoms with Gasteiger partial charge >= 0.3 is 6.09 Å². The van der Waals surface area contributed by atoms with E-state index in [9.17, 15) is 18.0 Å². The Bertz CT molecular complexity index is 851. The van der Waals surface area contributed by atoms with Crippen LogP contribution >= 0.6 is 0 Å². The van der Waals surface area contributed by atoms with E-state index in [1.807, 2.05) is 13.8 Å². The van der Waals surface area contributed by atoms with E-state index >= 15 is 0 Å². The van der Waals surface area contributed by atoms with Gasteiger partial charge in [-0.3, -0.25) is 10.3 Å². The van der Waals surface area contributed by atoms with Crippen molar-refractivity contribution in [2.24, 2.45) is 11.7 Å². The molecule has 0 saturated carbocycles. The monoisotopic (exact) mass is 412 g/mol. The molecule has 2 heterocycles. The van der Waals surface area contributed by atoms with E-state index < -0.39 is 30.3 Å². The number of rotatable bonds is 9. The van der Waals surface area contributed by atoms with Crippen LogP contribution in [0.3, 0.4) is 0 Å². The molecule has 0 radical (unpaired) electrons. The summed E-state index contributed by atoms with van der Waals surface area (Å²) in [4.78, 5) is 18.7. The summed E-state index contributed by atoms with van der Waals surface area (Å²) in [5.74, 6) is -0.0521. The van der Waals surface area contributed by atoms with E-state index in [-0.39, 0.29) is 29.8 Å². The maximum absolute atomic E-state index is 13.6. The third-order valence-electron chi connectivity index (χ3n) is 4.02. The molecule has 0 aliphatic rings. The summed E-state index contributed by atoms with van der Waals surface area (Å²) in [5, 5.41) is 10.8. The highest BCUT2D eigenvalue weighted by molar-refractivity contribution is 5.82. The number of alkyl halides is 3. The zero-order valence-corrected chi connectivity index (χ0v) is 16.0. The van der Waals surface area contributed by atoms with E-state index in [1.165, 1.54) is 18.3 Å². The standard InChI is InChI=1S/C19H23F3N4O3/c1-11(2)7-19(23,9-20)10-29-15-8-25-14(6-13(15)17(21)22)12-3-4-24-16(5-12)26-18(27)28/h3-6,8,11,17H,7,9-10,23H2,1-2H3,(H,24,26)(H,27,28). The number of hydrogen-bond donors (Lipinski definition) is 3. The lowest BCUT2D eigenvalue weighted by atomic mass is 9.92. The smallest absolute Gasteiger partial charge is 0.410 e. The molecule has 0 aliphatic carbocycles. The first-order valence-electron chi connectivity index (χ1n) is 8.85. The second kappa shape index (κ2) is 9.55. The Hall–Kier alpha value is -2.88. The van der Waals surface area contributed by atoms with E-state index in [0.29, 0.717) is 12.0 Å². The lowest BCUT2D eigenvalue weighted by Crippen LogP contribution is -2.49. The van der Waals surface area contributed by atoms with E-state index in [4.69, 9.17) is 15.6 Å². The third kappa shape index (κ3) is 6.31. The van der Waals surface area contributed by atoms with Gasteiger partial charge in [-0.2, -0.15) is 0 Å². The van der Waals surface area contributed by atoms with Crippen LogP contribution in [0.15, 0.2) is 30.6 Å². The molecule has 0 spiro atoms. The Morgan fingerprint density at radius 3 is 2.66 bits per heavy atom. The highest BCUT2D eigenvalue weighted by Gasteiger charge is 2.28. The summed E-state index contributed by atoms with van der Waals surface area (Å²) in [5.41, 5.74) is 4.83. The van der Waals surface area contributed by atoms with Crippen molar-refractivity contribution in [3.8, 4) is 17.0 Å². The van der Waals surface area contributed by atoms with Gasteiger partial charge in [0.15, 0.2) is 0 Å². The first-order valence-corrected chi connectivity index (χ1v) is 8.85. The van der Waals surface area contributed by atoms with Gasteiger partial charge in [-0.05, 0) is 30.5 Å². The van der Waals surface area contributed by atoms with Crippen LogP contribution in [0.25, 0.3) is 11.3 Å². The first kappa shape index (κ1) is 22.4. The van der Waals surface area contributed by atoms with Gasteiger partial charge in [0.05, 0.1) is 23.0 Å². The topological polar surface area (TPSA) is 110 Å². The van der Waals surface area contributed by atoms with Crippen LogP contribution < -0.4 is 15.8 Å². The van der Waals surface area contributed by atoms with Gasteiger partial charge < -0.3 is 15.6 Å². The molecule has 0 aliphatic heterocycles. The van der Waals surface area contributed by atoms with Crippen LogP contribution in [-0.4, -0.2) is 40.0 Å². The molecule has 7 nitrogen and oxygen atoms in total. The van der Waals surface area contributed by atoms with Crippen molar-refractivity contribution in [1.29, 1.82) is 0 Å². The van der Waals surface area contributed by atoms with Gasteiger partial charge in [-0.25, -0.2) is 22.9 Å². The van der Waals surface area contributed by atoms with Crippen molar-refractivity contribution in [1.82, 2.24) is 9.97 Å². The Kier molecular flexibility index (Phi) is 7.38. The molecule has 0 aromatic carbocycles. The molecule has 10 heteroatoms. The van der Waals surface area contributed by atoms with Gasteiger partial charge in [-0.15, -0.1) is 0 Å². The van der Waals surface area contributed by atoms with Crippen molar-refractivity contribution in [3.63, 3.8) is 0 Å². The molecular formula is C19H23F3N4O3. The number of pyridine rings is 2. The van der Waals surface area contributed by atoms with Gasteiger partial charge in [0.1, 0.15) is 24.8 Å². The normalized spacial score (nSPS) is 13.4. The summed E-state index contributed by atoms with van der Waals surface area (Å²) in [6.45, 7) is 2.63. The van der Waals surface area contributed by atoms with Crippen LogP contribution in [0.4, 0.5) is 23.8 Å². The Morgan fingerprint density at radius 1 is 1.34 bits per heavy atom. The van der Waals surface area contributed by atoms with Crippen LogP contribution in [0.5, 0.6) is 5.75 Å². The number of aromatic nitrogens is 2. The lowest BCUT2D eigenvalue weighted by molar-refractivity contribution is 0.131. The fourth-order valence-corrected chi connectivity index (χ4v) is 2.86. The Morgan fingerprint density at radius 2 is 2.07 bits per heavy atom. The number of nitrogens with two attached hydrogens (primary N) is 1. The highest BCUT2D eigenvalue weighted by Crippen LogP contribution is 2.33. The Balaban J connectivity index is 2.28. The third-order valence-corrected chi connectivity index (χ3v) is 4.02. The predicted molar refractivity (Wildman–Crippen MR) is 102 cm³/mol. The number of nitrogens with one attached hydrogen (secondary N) is 1. The zero-order chi connectivity index (χ0) is 21.6. The van der Waals surface area contributed by atoms with E-state index in [1.54, 1.807) is 0 Å². The molecule has 29 heavy (non-hydrogen) atoms. The fraction of sp³-hybridized carbons (Fsp3) is 0.421. The van der Waals surface area contributed by atoms with E-state index in [2.05, 4.69) is 15.3 Å². The molecule has 1 unspecified atom stereocenters. The quantitative estimate of drug-likeness (QED) is 0.568. The maximum atomic E-state index is 13.6. The van der Waals surface area contributed by atoms with Gasteiger partial charge in [0, 0.05) is 11.8 Å². The minimum atomic E-state index is -2.87. The summed E-state index contributed by atoms with van der Waals surface area (Å²) in [6.07, 6.45) is -1.40. The minimum Gasteiger partial charge on any atom is -0.489 e. The SMILES string of the molecule is CC(C)CC(N)(CF)COc1cnc(-c2ccnc(NC(=O)O)c2)cc1C(F)F. The van der Waals surface area contributed by atoms with Crippen molar-refractivity contribution in [2.45, 2.75) is 32.2 Å². The number of carbonyl (C=O) groups is 1. The van der Waals surface area contributed by atoms with Crippen LogP contribution in [0, 0.1) is 5.92 Å². The molecular weight excluding hydrogens is 389 g/mol. The van der Waals surface area contributed by atoms with Crippen molar-refractivity contribution < 1.29 is 27.8 Å². The molecule has 1 amide bonds. The van der Waals surface area contributed by atoms with Crippen LogP contribution in [0.1, 0.15) is 32.3 Å². The largest absolute Gasteiger partial charge is 0.489 e. The number of anilines is 1. The molecule has 158 valence electrons. The van der Waals surface area contributed by atoms with Crippen LogP contribution in [0.2, 0.25) is 0 Å². The number of hydrogen-bond acceptors (Lipinski definition) is 5. The number of halogens is 3. The number of carboxylic acid groups (broad SMARTS) is 1. The number of nitrogens with zero attached hydrogens (tertiary/aromatic N) is 2. The van der Waals surface area contributed by atoms with Crippen molar-refractivity contribution in [3.05, 3.63) is 36.2 Å². The van der Waals surface area contributed by atoms with Gasteiger partial charge in [0.25, 0.3) is 6.43 Å². The molecule has 2 aromatic heterocycles. The Labute approximate surface area is 166 Å². The second-order valence-corrected chi connectivity index (χ2v) is 7.15. The minimum absolute atomic E-state index is 0.0280. The summed E-state index contributed by atoms with van der Waals surface area (Å²) in [6, 6.07) is 4.00. The molecule has 2 aromatic rings. The molecule has 0 saturated heterocycles. The number of amides is 1. The van der Waals surface area contributed by atoms with Crippen molar-refractivity contribution in [2.75, 3.05) is 18.6 Å². The molecule has 1 atom stereocenters. The van der Waals surface area contributed by atoms with Crippen LogP contribution in [-0.2, 0) is 0 Å². The van der Waals surface area contributed by atoms with Gasteiger partial charge in [0.2, 0.25) is 0 Å². The van der Waals surface area contributed by atoms with Crippen molar-refractivity contribution >= 4 is 11.9 Å². The average molecular weight is 412 g/mol. The van der Waals surface area contributed by atoms with Gasteiger partial charge in [-0.1, -0.05) is 13.8 Å². The second-order valence-electron chi connectivity index (χ2n) is 7.15. The zero-order valence-electron chi connectivity index (χ0n) is 16.0. The molecule has 0 bridgehead atoms. The first-order chi connectivity index (χ1) is 13.6. The summed E-state index contributed by atoms with van der Waals surface area (Å²) < 4.78 is 45.9. The molecule has 2 rings (SSSR count).